The molecule has 0 amide bonds. The molecule has 0 aliphatic carbocycles. The zero-order valence-electron chi connectivity index (χ0n) is 9.71. The predicted molar refractivity (Wildman–Crippen MR) is 61.2 cm³/mol. The van der Waals surface area contributed by atoms with E-state index >= 15 is 0 Å². The van der Waals surface area contributed by atoms with Gasteiger partial charge >= 0.3 is 6.36 Å². The number of alkyl halides is 5. The number of nitrogens with one attached hydrogen (secondary N) is 1. The number of pyridine rings is 1. The van der Waals surface area contributed by atoms with Crippen LogP contribution in [0.5, 0.6) is 5.75 Å². The molecule has 0 radical (unpaired) electrons. The number of nitrogen functional groups attached to an aromatic ring is 1. The summed E-state index contributed by atoms with van der Waals surface area (Å²) in [5.74, 6) is 4.68. The van der Waals surface area contributed by atoms with Crippen molar-refractivity contribution in [3.05, 3.63) is 30.0 Å². The van der Waals surface area contributed by atoms with Gasteiger partial charge in [0.1, 0.15) is 11.4 Å². The van der Waals surface area contributed by atoms with Crippen molar-refractivity contribution >= 4 is 16.6 Å². The lowest BCUT2D eigenvalue weighted by Gasteiger charge is -2.12. The zero-order valence-corrected chi connectivity index (χ0v) is 9.71. The number of hydrazine groups is 1. The second-order valence-electron chi connectivity index (χ2n) is 3.77. The van der Waals surface area contributed by atoms with Gasteiger partial charge in [-0.1, -0.05) is 0 Å². The van der Waals surface area contributed by atoms with Crippen LogP contribution in [-0.2, 0) is 0 Å². The average molecular weight is 293 g/mol. The summed E-state index contributed by atoms with van der Waals surface area (Å²) in [4.78, 5) is 3.64. The van der Waals surface area contributed by atoms with Crippen LogP contribution in [0.15, 0.2) is 24.3 Å². The Balaban J connectivity index is 2.54. The van der Waals surface area contributed by atoms with Gasteiger partial charge in [-0.05, 0) is 24.3 Å². The SMILES string of the molecule is NNc1cc(C(F)F)nc2ccc(OC(F)(F)F)cc12. The van der Waals surface area contributed by atoms with Crippen LogP contribution in [0.1, 0.15) is 12.1 Å². The Kier molecular flexibility index (Phi) is 3.62. The first-order chi connectivity index (χ1) is 9.30. The standard InChI is InChI=1S/C11H8F5N3O/c12-10(13)9-4-8(19-17)6-3-5(20-11(14,15)16)1-2-7(6)18-9/h1-4,10H,17H2,(H,18,19). The van der Waals surface area contributed by atoms with Gasteiger partial charge in [-0.2, -0.15) is 0 Å². The third-order valence-electron chi connectivity index (χ3n) is 2.41. The highest BCUT2D eigenvalue weighted by Gasteiger charge is 2.31. The van der Waals surface area contributed by atoms with Crippen molar-refractivity contribution in [2.75, 3.05) is 5.43 Å². The quantitative estimate of drug-likeness (QED) is 0.517. The number of nitrogens with zero attached hydrogens (tertiary/aromatic N) is 1. The van der Waals surface area contributed by atoms with Gasteiger partial charge < -0.3 is 10.2 Å². The van der Waals surface area contributed by atoms with Crippen LogP contribution < -0.4 is 16.0 Å². The summed E-state index contributed by atoms with van der Waals surface area (Å²) in [6, 6.07) is 4.10. The number of hydrogen-bond donors (Lipinski definition) is 2. The Labute approximate surface area is 109 Å². The van der Waals surface area contributed by atoms with Crippen molar-refractivity contribution < 1.29 is 26.7 Å². The molecule has 2 aromatic rings. The van der Waals surface area contributed by atoms with E-state index in [9.17, 15) is 22.0 Å². The summed E-state index contributed by atoms with van der Waals surface area (Å²) in [5.41, 5.74) is 1.71. The molecule has 1 aromatic carbocycles. The first-order valence-electron chi connectivity index (χ1n) is 5.25. The van der Waals surface area contributed by atoms with E-state index in [4.69, 9.17) is 5.84 Å². The number of hydrogen-bond acceptors (Lipinski definition) is 4. The molecule has 20 heavy (non-hydrogen) atoms. The number of fused-ring (bicyclic) bond motifs is 1. The molecule has 0 fully saturated rings. The molecule has 0 aliphatic rings. The van der Waals surface area contributed by atoms with Gasteiger partial charge in [-0.25, -0.2) is 13.8 Å². The Morgan fingerprint density at radius 3 is 2.45 bits per heavy atom. The molecule has 0 spiro atoms. The number of aromatic nitrogens is 1. The van der Waals surface area contributed by atoms with Crippen LogP contribution in [0.2, 0.25) is 0 Å². The fourth-order valence-electron chi connectivity index (χ4n) is 1.65. The molecule has 1 aromatic heterocycles. The maximum atomic E-state index is 12.6. The summed E-state index contributed by atoms with van der Waals surface area (Å²) in [7, 11) is 0. The molecular formula is C11H8F5N3O. The average Bonchev–Trinajstić information content (AvgIpc) is 2.35. The lowest BCUT2D eigenvalue weighted by atomic mass is 10.1. The van der Waals surface area contributed by atoms with Gasteiger partial charge in [0.15, 0.2) is 0 Å². The Hall–Kier alpha value is -2.16. The van der Waals surface area contributed by atoms with Gasteiger partial charge in [0.05, 0.1) is 11.2 Å². The van der Waals surface area contributed by atoms with Gasteiger partial charge in [0.25, 0.3) is 6.43 Å². The fourth-order valence-corrected chi connectivity index (χ4v) is 1.65. The second-order valence-corrected chi connectivity index (χ2v) is 3.77. The van der Waals surface area contributed by atoms with Crippen LogP contribution in [0.4, 0.5) is 27.6 Å². The smallest absolute Gasteiger partial charge is 0.406 e. The molecule has 4 nitrogen and oxygen atoms in total. The van der Waals surface area contributed by atoms with Crippen LogP contribution >= 0.6 is 0 Å². The monoisotopic (exact) mass is 293 g/mol. The number of benzene rings is 1. The zero-order chi connectivity index (χ0) is 14.9. The first-order valence-corrected chi connectivity index (χ1v) is 5.25. The molecule has 0 saturated carbocycles. The minimum Gasteiger partial charge on any atom is -0.406 e. The van der Waals surface area contributed by atoms with E-state index in [1.807, 2.05) is 0 Å². The molecule has 3 N–H and O–H groups in total. The minimum atomic E-state index is -4.85. The summed E-state index contributed by atoms with van der Waals surface area (Å²) in [6.07, 6.45) is -7.67. The second kappa shape index (κ2) is 5.08. The maximum absolute atomic E-state index is 12.6. The van der Waals surface area contributed by atoms with Crippen molar-refractivity contribution in [2.45, 2.75) is 12.8 Å². The summed E-state index contributed by atoms with van der Waals surface area (Å²) in [6.45, 7) is 0. The molecule has 1 heterocycles. The van der Waals surface area contributed by atoms with Crippen LogP contribution in [0, 0.1) is 0 Å². The van der Waals surface area contributed by atoms with E-state index in [0.29, 0.717) is 0 Å². The Morgan fingerprint density at radius 2 is 1.90 bits per heavy atom. The highest BCUT2D eigenvalue weighted by atomic mass is 19.4. The highest BCUT2D eigenvalue weighted by molar-refractivity contribution is 5.92. The molecule has 0 bridgehead atoms. The summed E-state index contributed by atoms with van der Waals surface area (Å²) >= 11 is 0. The van der Waals surface area contributed by atoms with Crippen molar-refractivity contribution in [1.82, 2.24) is 4.98 Å². The lowest BCUT2D eigenvalue weighted by molar-refractivity contribution is -0.274. The van der Waals surface area contributed by atoms with E-state index in [2.05, 4.69) is 15.1 Å². The number of rotatable bonds is 3. The van der Waals surface area contributed by atoms with Gasteiger partial charge in [0.2, 0.25) is 0 Å². The molecule has 108 valence electrons. The fraction of sp³-hybridized carbons (Fsp3) is 0.182. The van der Waals surface area contributed by atoms with Crippen molar-refractivity contribution in [3.8, 4) is 5.75 Å². The largest absolute Gasteiger partial charge is 0.573 e. The van der Waals surface area contributed by atoms with E-state index < -0.39 is 24.2 Å². The van der Waals surface area contributed by atoms with Gasteiger partial charge in [-0.3, -0.25) is 5.84 Å². The molecule has 0 unspecified atom stereocenters. The van der Waals surface area contributed by atoms with E-state index in [1.165, 1.54) is 0 Å². The van der Waals surface area contributed by atoms with Crippen LogP contribution in [0.3, 0.4) is 0 Å². The molecule has 0 aliphatic heterocycles. The summed E-state index contributed by atoms with van der Waals surface area (Å²) < 4.78 is 65.3. The molecule has 9 heteroatoms. The van der Waals surface area contributed by atoms with Crippen molar-refractivity contribution in [1.29, 1.82) is 0 Å². The first kappa shape index (κ1) is 14.3. The molecule has 0 atom stereocenters. The van der Waals surface area contributed by atoms with Gasteiger partial charge in [0, 0.05) is 5.39 Å². The van der Waals surface area contributed by atoms with Crippen molar-refractivity contribution in [3.63, 3.8) is 0 Å². The summed E-state index contributed by atoms with van der Waals surface area (Å²) in [5, 5.41) is 0.138. The van der Waals surface area contributed by atoms with E-state index in [-0.39, 0.29) is 16.6 Å². The minimum absolute atomic E-state index is 0.0259. The normalized spacial score (nSPS) is 11.9. The maximum Gasteiger partial charge on any atom is 0.573 e. The van der Waals surface area contributed by atoms with E-state index in [0.717, 1.165) is 24.3 Å². The number of anilines is 1. The van der Waals surface area contributed by atoms with Crippen LogP contribution in [0.25, 0.3) is 10.9 Å². The number of halogens is 5. The van der Waals surface area contributed by atoms with Crippen molar-refractivity contribution in [2.24, 2.45) is 5.84 Å². The third-order valence-corrected chi connectivity index (χ3v) is 2.41. The third kappa shape index (κ3) is 3.05. The molecule has 0 saturated heterocycles. The van der Waals surface area contributed by atoms with E-state index in [1.54, 1.807) is 0 Å². The number of nitrogens with two attached hydrogens (primary N) is 1. The Morgan fingerprint density at radius 1 is 1.20 bits per heavy atom. The molecule has 2 rings (SSSR count). The number of ether oxygens (including phenoxy) is 1. The predicted octanol–water partition coefficient (Wildman–Crippen LogP) is 3.36. The molecular weight excluding hydrogens is 285 g/mol. The Bertz CT molecular complexity index is 629. The lowest BCUT2D eigenvalue weighted by Crippen LogP contribution is -2.17. The van der Waals surface area contributed by atoms with Crippen LogP contribution in [-0.4, -0.2) is 11.3 Å². The topological polar surface area (TPSA) is 60.2 Å². The van der Waals surface area contributed by atoms with Gasteiger partial charge in [-0.15, -0.1) is 13.2 Å². The highest BCUT2D eigenvalue weighted by Crippen LogP contribution is 2.31.